The van der Waals surface area contributed by atoms with Crippen LogP contribution >= 0.6 is 0 Å². The molecule has 0 saturated heterocycles. The Morgan fingerprint density at radius 1 is 0.938 bits per heavy atom. The maximum Gasteiger partial charge on any atom is 0.0246 e. The molecule has 0 spiro atoms. The summed E-state index contributed by atoms with van der Waals surface area (Å²) < 4.78 is 0. The van der Waals surface area contributed by atoms with E-state index in [1.807, 2.05) is 0 Å². The number of hydrogen-bond acceptors (Lipinski definition) is 2. The van der Waals surface area contributed by atoms with Crippen LogP contribution in [0.3, 0.4) is 0 Å². The summed E-state index contributed by atoms with van der Waals surface area (Å²) >= 11 is 0. The third kappa shape index (κ3) is 2.60. The molecule has 2 N–H and O–H groups in total. The molecule has 3 rings (SSSR count). The monoisotopic (exact) mass is 222 g/mol. The van der Waals surface area contributed by atoms with Gasteiger partial charge in [-0.25, -0.2) is 0 Å². The van der Waals surface area contributed by atoms with Gasteiger partial charge in [0.25, 0.3) is 0 Å². The fourth-order valence-corrected chi connectivity index (χ4v) is 3.07. The van der Waals surface area contributed by atoms with Crippen molar-refractivity contribution in [1.82, 2.24) is 4.90 Å². The zero-order valence-corrected chi connectivity index (χ0v) is 10.4. The second-order valence-corrected chi connectivity index (χ2v) is 6.33. The van der Waals surface area contributed by atoms with Crippen LogP contribution < -0.4 is 5.73 Å². The van der Waals surface area contributed by atoms with Gasteiger partial charge in [-0.05, 0) is 56.3 Å². The van der Waals surface area contributed by atoms with Crippen LogP contribution in [0.25, 0.3) is 0 Å². The van der Waals surface area contributed by atoms with Gasteiger partial charge in [-0.15, -0.1) is 0 Å². The van der Waals surface area contributed by atoms with E-state index in [0.717, 1.165) is 30.3 Å². The molecule has 2 nitrogen and oxygen atoms in total. The Kier molecular flexibility index (Phi) is 3.21. The summed E-state index contributed by atoms with van der Waals surface area (Å²) in [6.45, 7) is 3.60. The Labute approximate surface area is 99.6 Å². The molecule has 0 bridgehead atoms. The van der Waals surface area contributed by atoms with Crippen molar-refractivity contribution in [2.75, 3.05) is 19.6 Å². The highest BCUT2D eigenvalue weighted by Crippen LogP contribution is 2.38. The number of nitrogens with zero attached hydrogens (tertiary/aromatic N) is 1. The molecule has 3 aliphatic carbocycles. The van der Waals surface area contributed by atoms with Crippen LogP contribution in [0.2, 0.25) is 0 Å². The van der Waals surface area contributed by atoms with E-state index in [0.29, 0.717) is 0 Å². The molecule has 0 radical (unpaired) electrons. The first-order valence-corrected chi connectivity index (χ1v) is 7.31. The van der Waals surface area contributed by atoms with Gasteiger partial charge in [0.2, 0.25) is 0 Å². The van der Waals surface area contributed by atoms with E-state index in [4.69, 9.17) is 5.73 Å². The minimum Gasteiger partial charge on any atom is -0.329 e. The molecule has 0 aromatic rings. The summed E-state index contributed by atoms with van der Waals surface area (Å²) in [4.78, 5) is 2.78. The Balaban J connectivity index is 1.57. The number of hydrogen-bond donors (Lipinski definition) is 1. The van der Waals surface area contributed by atoms with Gasteiger partial charge in [-0.1, -0.05) is 6.42 Å². The van der Waals surface area contributed by atoms with Gasteiger partial charge in [-0.2, -0.15) is 0 Å². The van der Waals surface area contributed by atoms with Crippen LogP contribution in [0, 0.1) is 17.8 Å². The lowest BCUT2D eigenvalue weighted by Crippen LogP contribution is -2.49. The SMILES string of the molecule is NCC(C1CCC1)N(CC1CC1)CC1CC1. The summed E-state index contributed by atoms with van der Waals surface area (Å²) in [7, 11) is 0. The number of rotatable bonds is 7. The smallest absolute Gasteiger partial charge is 0.0246 e. The Morgan fingerprint density at radius 2 is 1.50 bits per heavy atom. The van der Waals surface area contributed by atoms with Gasteiger partial charge in [0.15, 0.2) is 0 Å². The second kappa shape index (κ2) is 4.66. The first kappa shape index (κ1) is 11.0. The van der Waals surface area contributed by atoms with Gasteiger partial charge in [0.1, 0.15) is 0 Å². The largest absolute Gasteiger partial charge is 0.329 e. The fourth-order valence-electron chi connectivity index (χ4n) is 3.07. The topological polar surface area (TPSA) is 29.3 Å². The van der Waals surface area contributed by atoms with E-state index >= 15 is 0 Å². The average Bonchev–Trinajstić information content (AvgIpc) is 3.03. The standard InChI is InChI=1S/C14H26N2/c15-8-14(13-2-1-3-13)16(9-11-4-5-11)10-12-6-7-12/h11-14H,1-10,15H2. The summed E-state index contributed by atoms with van der Waals surface area (Å²) in [6.07, 6.45) is 10.2. The van der Waals surface area contributed by atoms with Gasteiger partial charge < -0.3 is 5.73 Å². The Morgan fingerprint density at radius 3 is 1.81 bits per heavy atom. The van der Waals surface area contributed by atoms with Crippen molar-refractivity contribution in [1.29, 1.82) is 0 Å². The molecule has 16 heavy (non-hydrogen) atoms. The van der Waals surface area contributed by atoms with Gasteiger partial charge in [0.05, 0.1) is 0 Å². The third-order valence-corrected chi connectivity index (χ3v) is 4.78. The van der Waals surface area contributed by atoms with E-state index in [-0.39, 0.29) is 0 Å². The minimum atomic E-state index is 0.718. The van der Waals surface area contributed by atoms with E-state index < -0.39 is 0 Å². The second-order valence-electron chi connectivity index (χ2n) is 6.33. The molecule has 2 heteroatoms. The van der Waals surface area contributed by atoms with Crippen molar-refractivity contribution in [2.45, 2.75) is 51.0 Å². The van der Waals surface area contributed by atoms with E-state index in [2.05, 4.69) is 4.90 Å². The van der Waals surface area contributed by atoms with Crippen LogP contribution in [-0.2, 0) is 0 Å². The van der Waals surface area contributed by atoms with Crippen LogP contribution in [-0.4, -0.2) is 30.6 Å². The van der Waals surface area contributed by atoms with Crippen molar-refractivity contribution in [3.63, 3.8) is 0 Å². The summed E-state index contributed by atoms with van der Waals surface area (Å²) in [5.41, 5.74) is 6.03. The molecule has 1 unspecified atom stereocenters. The first-order valence-electron chi connectivity index (χ1n) is 7.31. The molecule has 0 aromatic heterocycles. The molecule has 0 heterocycles. The van der Waals surface area contributed by atoms with Gasteiger partial charge in [0, 0.05) is 25.7 Å². The highest BCUT2D eigenvalue weighted by Gasteiger charge is 2.36. The maximum absolute atomic E-state index is 6.03. The van der Waals surface area contributed by atoms with Crippen LogP contribution in [0.1, 0.15) is 44.9 Å². The van der Waals surface area contributed by atoms with E-state index in [9.17, 15) is 0 Å². The zero-order valence-electron chi connectivity index (χ0n) is 10.4. The molecule has 1 atom stereocenters. The summed E-state index contributed by atoms with van der Waals surface area (Å²) in [6, 6.07) is 0.718. The van der Waals surface area contributed by atoms with Crippen molar-refractivity contribution >= 4 is 0 Å². The molecular formula is C14H26N2. The number of nitrogens with two attached hydrogens (primary N) is 1. The van der Waals surface area contributed by atoms with Crippen molar-refractivity contribution in [2.24, 2.45) is 23.5 Å². The van der Waals surface area contributed by atoms with Gasteiger partial charge >= 0.3 is 0 Å². The maximum atomic E-state index is 6.03. The van der Waals surface area contributed by atoms with Crippen LogP contribution in [0.4, 0.5) is 0 Å². The lowest BCUT2D eigenvalue weighted by atomic mass is 9.79. The molecule has 3 aliphatic rings. The summed E-state index contributed by atoms with van der Waals surface area (Å²) in [5, 5.41) is 0. The zero-order chi connectivity index (χ0) is 11.0. The average molecular weight is 222 g/mol. The molecule has 0 amide bonds. The van der Waals surface area contributed by atoms with Gasteiger partial charge in [-0.3, -0.25) is 4.90 Å². The highest BCUT2D eigenvalue weighted by atomic mass is 15.2. The van der Waals surface area contributed by atoms with E-state index in [1.165, 1.54) is 58.0 Å². The summed E-state index contributed by atoms with van der Waals surface area (Å²) in [5.74, 6) is 2.98. The van der Waals surface area contributed by atoms with Crippen molar-refractivity contribution in [3.05, 3.63) is 0 Å². The predicted molar refractivity (Wildman–Crippen MR) is 67.2 cm³/mol. The molecular weight excluding hydrogens is 196 g/mol. The quantitative estimate of drug-likeness (QED) is 0.716. The predicted octanol–water partition coefficient (Wildman–Crippen LogP) is 2.24. The van der Waals surface area contributed by atoms with Crippen molar-refractivity contribution < 1.29 is 0 Å². The lowest BCUT2D eigenvalue weighted by molar-refractivity contribution is 0.0916. The molecule has 0 aromatic carbocycles. The van der Waals surface area contributed by atoms with E-state index in [1.54, 1.807) is 0 Å². The van der Waals surface area contributed by atoms with Crippen LogP contribution in [0.5, 0.6) is 0 Å². The van der Waals surface area contributed by atoms with Crippen LogP contribution in [0.15, 0.2) is 0 Å². The fraction of sp³-hybridized carbons (Fsp3) is 1.00. The third-order valence-electron chi connectivity index (χ3n) is 4.78. The molecule has 3 fully saturated rings. The first-order chi connectivity index (χ1) is 7.86. The molecule has 0 aliphatic heterocycles. The Bertz CT molecular complexity index is 215. The lowest BCUT2D eigenvalue weighted by Gasteiger charge is -2.41. The Hall–Kier alpha value is -0.0800. The normalized spacial score (nSPS) is 28.1. The molecule has 3 saturated carbocycles. The molecule has 92 valence electrons. The minimum absolute atomic E-state index is 0.718. The highest BCUT2D eigenvalue weighted by molar-refractivity contribution is 4.91. The van der Waals surface area contributed by atoms with Crippen molar-refractivity contribution in [3.8, 4) is 0 Å².